The Kier molecular flexibility index (Phi) is 4.20. The molecule has 1 aliphatic carbocycles. The Labute approximate surface area is 119 Å². The van der Waals surface area contributed by atoms with Gasteiger partial charge >= 0.3 is 0 Å². The Morgan fingerprint density at radius 2 is 2.05 bits per heavy atom. The van der Waals surface area contributed by atoms with Crippen LogP contribution in [0.15, 0.2) is 23.1 Å². The molecule has 0 aromatic heterocycles. The van der Waals surface area contributed by atoms with Crippen molar-refractivity contribution in [3.05, 3.63) is 28.8 Å². The summed E-state index contributed by atoms with van der Waals surface area (Å²) in [5, 5.41) is 3.46. The average molecular weight is 303 g/mol. The molecule has 1 saturated carbocycles. The van der Waals surface area contributed by atoms with E-state index in [1.165, 1.54) is 6.07 Å². The molecular formula is C13H19ClN2O2S. The molecule has 0 radical (unpaired) electrons. The molecule has 1 aliphatic rings. The Morgan fingerprint density at radius 1 is 1.37 bits per heavy atom. The quantitative estimate of drug-likeness (QED) is 0.877. The van der Waals surface area contributed by atoms with E-state index in [0.717, 1.165) is 24.8 Å². The summed E-state index contributed by atoms with van der Waals surface area (Å²) in [6, 6.07) is 4.86. The molecule has 0 unspecified atom stereocenters. The van der Waals surface area contributed by atoms with E-state index >= 15 is 0 Å². The van der Waals surface area contributed by atoms with Gasteiger partial charge in [-0.15, -0.1) is 0 Å². The highest BCUT2D eigenvalue weighted by atomic mass is 35.5. The predicted octanol–water partition coefficient (Wildman–Crippen LogP) is 2.28. The highest BCUT2D eigenvalue weighted by Gasteiger charge is 2.36. The van der Waals surface area contributed by atoms with Crippen molar-refractivity contribution >= 4 is 21.6 Å². The van der Waals surface area contributed by atoms with Gasteiger partial charge in [0.25, 0.3) is 0 Å². The van der Waals surface area contributed by atoms with Crippen molar-refractivity contribution in [2.24, 2.45) is 0 Å². The third-order valence-corrected chi connectivity index (χ3v) is 5.53. The summed E-state index contributed by atoms with van der Waals surface area (Å²) >= 11 is 6.10. The van der Waals surface area contributed by atoms with E-state index in [2.05, 4.69) is 10.0 Å². The van der Waals surface area contributed by atoms with Crippen LogP contribution in [0.4, 0.5) is 0 Å². The van der Waals surface area contributed by atoms with Crippen molar-refractivity contribution in [3.63, 3.8) is 0 Å². The molecule has 2 N–H and O–H groups in total. The van der Waals surface area contributed by atoms with E-state index in [4.69, 9.17) is 11.6 Å². The topological polar surface area (TPSA) is 58.2 Å². The molecule has 0 bridgehead atoms. The number of sulfonamides is 1. The summed E-state index contributed by atoms with van der Waals surface area (Å²) in [5.41, 5.74) is 0.590. The van der Waals surface area contributed by atoms with Crippen LogP contribution in [-0.2, 0) is 16.6 Å². The SMILES string of the molecule is CNCc1ccc(S(=O)(=O)NC2(C)CCC2)cc1Cl. The smallest absolute Gasteiger partial charge is 0.241 e. The highest BCUT2D eigenvalue weighted by Crippen LogP contribution is 2.33. The lowest BCUT2D eigenvalue weighted by Crippen LogP contribution is -2.50. The summed E-state index contributed by atoms with van der Waals surface area (Å²) in [7, 11) is -1.67. The molecular weight excluding hydrogens is 284 g/mol. The third kappa shape index (κ3) is 3.28. The van der Waals surface area contributed by atoms with Gasteiger partial charge in [0, 0.05) is 17.1 Å². The second-order valence-corrected chi connectivity index (χ2v) is 7.39. The maximum Gasteiger partial charge on any atom is 0.241 e. The van der Waals surface area contributed by atoms with Crippen LogP contribution in [0.5, 0.6) is 0 Å². The summed E-state index contributed by atoms with van der Waals surface area (Å²) in [5.74, 6) is 0. The van der Waals surface area contributed by atoms with E-state index in [1.54, 1.807) is 12.1 Å². The Hall–Kier alpha value is -0.620. The van der Waals surface area contributed by atoms with Crippen molar-refractivity contribution in [3.8, 4) is 0 Å². The van der Waals surface area contributed by atoms with Gasteiger partial charge < -0.3 is 5.32 Å². The monoisotopic (exact) mass is 302 g/mol. The minimum absolute atomic E-state index is 0.227. The lowest BCUT2D eigenvalue weighted by molar-refractivity contribution is 0.248. The summed E-state index contributed by atoms with van der Waals surface area (Å²) in [6.45, 7) is 2.55. The van der Waals surface area contributed by atoms with Gasteiger partial charge in [-0.3, -0.25) is 0 Å². The van der Waals surface area contributed by atoms with Gasteiger partial charge in [-0.1, -0.05) is 17.7 Å². The van der Waals surface area contributed by atoms with Gasteiger partial charge in [0.1, 0.15) is 0 Å². The number of benzene rings is 1. The molecule has 106 valence electrons. The predicted molar refractivity (Wildman–Crippen MR) is 76.8 cm³/mol. The van der Waals surface area contributed by atoms with Gasteiger partial charge in [-0.05, 0) is 50.9 Å². The maximum absolute atomic E-state index is 12.3. The molecule has 0 heterocycles. The first-order valence-corrected chi connectivity index (χ1v) is 8.19. The van der Waals surface area contributed by atoms with Crippen LogP contribution >= 0.6 is 11.6 Å². The number of nitrogens with one attached hydrogen (secondary N) is 2. The molecule has 0 saturated heterocycles. The fourth-order valence-corrected chi connectivity index (χ4v) is 4.02. The lowest BCUT2D eigenvalue weighted by Gasteiger charge is -2.38. The van der Waals surface area contributed by atoms with Crippen molar-refractivity contribution < 1.29 is 8.42 Å². The summed E-state index contributed by atoms with van der Waals surface area (Å²) in [4.78, 5) is 0.227. The molecule has 0 amide bonds. The zero-order valence-corrected chi connectivity index (χ0v) is 12.7. The molecule has 6 heteroatoms. The largest absolute Gasteiger partial charge is 0.316 e. The first-order chi connectivity index (χ1) is 8.86. The number of rotatable bonds is 5. The fourth-order valence-electron chi connectivity index (χ4n) is 2.22. The van der Waals surface area contributed by atoms with Crippen LogP contribution in [0, 0.1) is 0 Å². The molecule has 1 aromatic rings. The van der Waals surface area contributed by atoms with E-state index in [0.29, 0.717) is 11.6 Å². The molecule has 4 nitrogen and oxygen atoms in total. The maximum atomic E-state index is 12.3. The highest BCUT2D eigenvalue weighted by molar-refractivity contribution is 7.89. The van der Waals surface area contributed by atoms with Gasteiger partial charge in [-0.2, -0.15) is 0 Å². The van der Waals surface area contributed by atoms with Crippen LogP contribution in [0.25, 0.3) is 0 Å². The van der Waals surface area contributed by atoms with Gasteiger partial charge in [-0.25, -0.2) is 13.1 Å². The molecule has 1 aromatic carbocycles. The van der Waals surface area contributed by atoms with Gasteiger partial charge in [0.15, 0.2) is 0 Å². The van der Waals surface area contributed by atoms with Crippen LogP contribution in [0.2, 0.25) is 5.02 Å². The Bertz CT molecular complexity index is 568. The van der Waals surface area contributed by atoms with E-state index in [1.807, 2.05) is 14.0 Å². The first-order valence-electron chi connectivity index (χ1n) is 6.33. The Balaban J connectivity index is 2.23. The van der Waals surface area contributed by atoms with E-state index in [9.17, 15) is 8.42 Å². The molecule has 0 aliphatic heterocycles. The minimum atomic E-state index is -3.49. The van der Waals surface area contributed by atoms with Crippen molar-refractivity contribution in [2.45, 2.75) is 43.2 Å². The van der Waals surface area contributed by atoms with Crippen molar-refractivity contribution in [1.29, 1.82) is 0 Å². The minimum Gasteiger partial charge on any atom is -0.316 e. The third-order valence-electron chi connectivity index (χ3n) is 3.54. The normalized spacial score (nSPS) is 18.1. The van der Waals surface area contributed by atoms with E-state index in [-0.39, 0.29) is 10.4 Å². The van der Waals surface area contributed by atoms with Crippen LogP contribution < -0.4 is 10.0 Å². The average Bonchev–Trinajstić information content (AvgIpc) is 2.29. The number of hydrogen-bond donors (Lipinski definition) is 2. The second kappa shape index (κ2) is 5.40. The summed E-state index contributed by atoms with van der Waals surface area (Å²) < 4.78 is 27.3. The first kappa shape index (κ1) is 14.8. The van der Waals surface area contributed by atoms with Crippen molar-refractivity contribution in [1.82, 2.24) is 10.0 Å². The number of halogens is 1. The van der Waals surface area contributed by atoms with Crippen LogP contribution in [0.1, 0.15) is 31.7 Å². The van der Waals surface area contributed by atoms with Crippen molar-refractivity contribution in [2.75, 3.05) is 7.05 Å². The van der Waals surface area contributed by atoms with Crippen LogP contribution in [0.3, 0.4) is 0 Å². The van der Waals surface area contributed by atoms with E-state index < -0.39 is 10.0 Å². The molecule has 19 heavy (non-hydrogen) atoms. The number of hydrogen-bond acceptors (Lipinski definition) is 3. The van der Waals surface area contributed by atoms with Gasteiger partial charge in [0.05, 0.1) is 4.90 Å². The molecule has 1 fully saturated rings. The summed E-state index contributed by atoms with van der Waals surface area (Å²) in [6.07, 6.45) is 2.84. The molecule has 0 atom stereocenters. The molecule has 0 spiro atoms. The standard InChI is InChI=1S/C13H19ClN2O2S/c1-13(6-3-7-13)16-19(17,18)11-5-4-10(9-15-2)12(14)8-11/h4-5,8,15-16H,3,6-7,9H2,1-2H3. The Morgan fingerprint density at radius 3 is 2.53 bits per heavy atom. The van der Waals surface area contributed by atoms with Crippen LogP contribution in [-0.4, -0.2) is 21.0 Å². The second-order valence-electron chi connectivity index (χ2n) is 5.30. The fraction of sp³-hybridized carbons (Fsp3) is 0.538. The zero-order valence-electron chi connectivity index (χ0n) is 11.2. The lowest BCUT2D eigenvalue weighted by atomic mass is 9.80. The van der Waals surface area contributed by atoms with Gasteiger partial charge in [0.2, 0.25) is 10.0 Å². The zero-order chi connectivity index (χ0) is 14.1. The molecule has 2 rings (SSSR count).